The van der Waals surface area contributed by atoms with Gasteiger partial charge in [-0.25, -0.2) is 4.79 Å². The number of thiocarbonyl (C=S) groups is 1. The van der Waals surface area contributed by atoms with E-state index in [1.54, 1.807) is 30.3 Å². The zero-order valence-corrected chi connectivity index (χ0v) is 13.6. The predicted octanol–water partition coefficient (Wildman–Crippen LogP) is 3.27. The minimum Gasteiger partial charge on any atom is -0.478 e. The Balaban J connectivity index is 1.98. The lowest BCUT2D eigenvalue weighted by Gasteiger charge is -2.10. The van der Waals surface area contributed by atoms with Gasteiger partial charge in [0.15, 0.2) is 5.11 Å². The van der Waals surface area contributed by atoms with E-state index in [9.17, 15) is 9.59 Å². The van der Waals surface area contributed by atoms with Crippen molar-refractivity contribution < 1.29 is 14.7 Å². The minimum atomic E-state index is -1.00. The molecule has 0 saturated carbocycles. The second-order valence-corrected chi connectivity index (χ2v) is 5.63. The van der Waals surface area contributed by atoms with Gasteiger partial charge in [0.25, 0.3) is 5.91 Å². The molecule has 7 heteroatoms. The summed E-state index contributed by atoms with van der Waals surface area (Å²) in [6.07, 6.45) is 0. The van der Waals surface area contributed by atoms with Gasteiger partial charge in [-0.3, -0.25) is 10.1 Å². The van der Waals surface area contributed by atoms with E-state index in [0.29, 0.717) is 11.3 Å². The number of amides is 1. The quantitative estimate of drug-likeness (QED) is 0.714. The Morgan fingerprint density at radius 1 is 1.05 bits per heavy atom. The van der Waals surface area contributed by atoms with Gasteiger partial charge < -0.3 is 10.4 Å². The second kappa shape index (κ2) is 7.15. The van der Waals surface area contributed by atoms with Crippen LogP contribution in [-0.4, -0.2) is 22.1 Å². The summed E-state index contributed by atoms with van der Waals surface area (Å²) in [7, 11) is 0. The van der Waals surface area contributed by atoms with Crippen LogP contribution in [0.5, 0.6) is 0 Å². The Morgan fingerprint density at radius 2 is 1.73 bits per heavy atom. The molecule has 0 aliphatic carbocycles. The molecule has 22 heavy (non-hydrogen) atoms. The summed E-state index contributed by atoms with van der Waals surface area (Å²) in [6.45, 7) is 0. The Kier molecular flexibility index (Phi) is 5.24. The highest BCUT2D eigenvalue weighted by Crippen LogP contribution is 2.12. The number of carbonyl (C=O) groups is 2. The largest absolute Gasteiger partial charge is 0.478 e. The molecule has 0 heterocycles. The summed E-state index contributed by atoms with van der Waals surface area (Å²) in [4.78, 5) is 22.8. The molecule has 0 aromatic heterocycles. The fraction of sp³-hybridized carbons (Fsp3) is 0. The summed E-state index contributed by atoms with van der Waals surface area (Å²) >= 11 is 8.35. The van der Waals surface area contributed by atoms with Gasteiger partial charge in [0.05, 0.1) is 5.56 Å². The topological polar surface area (TPSA) is 78.4 Å². The fourth-order valence-electron chi connectivity index (χ4n) is 1.66. The van der Waals surface area contributed by atoms with Crippen molar-refractivity contribution in [2.24, 2.45) is 0 Å². The predicted molar refractivity (Wildman–Crippen MR) is 91.2 cm³/mol. The molecule has 0 unspecified atom stereocenters. The zero-order valence-electron chi connectivity index (χ0n) is 11.2. The van der Waals surface area contributed by atoms with E-state index < -0.39 is 5.97 Å². The number of hydrogen-bond acceptors (Lipinski definition) is 3. The Bertz CT molecular complexity index is 732. The van der Waals surface area contributed by atoms with Gasteiger partial charge in [0.2, 0.25) is 0 Å². The summed E-state index contributed by atoms with van der Waals surface area (Å²) < 4.78 is 0.795. The van der Waals surface area contributed by atoms with E-state index in [1.165, 1.54) is 12.1 Å². The number of aromatic carboxylic acids is 1. The Morgan fingerprint density at radius 3 is 2.32 bits per heavy atom. The maximum absolute atomic E-state index is 12.0. The highest BCUT2D eigenvalue weighted by atomic mass is 79.9. The molecule has 0 aliphatic rings. The van der Waals surface area contributed by atoms with Crippen molar-refractivity contribution in [1.29, 1.82) is 0 Å². The first-order valence-corrected chi connectivity index (χ1v) is 7.37. The van der Waals surface area contributed by atoms with E-state index >= 15 is 0 Å². The van der Waals surface area contributed by atoms with Crippen molar-refractivity contribution in [3.05, 3.63) is 64.1 Å². The van der Waals surface area contributed by atoms with Gasteiger partial charge in [-0.05, 0) is 54.7 Å². The van der Waals surface area contributed by atoms with Crippen LogP contribution in [0.1, 0.15) is 20.7 Å². The molecule has 0 atom stereocenters. The smallest absolute Gasteiger partial charge is 0.335 e. The number of carboxylic acid groups (broad SMARTS) is 1. The van der Waals surface area contributed by atoms with Gasteiger partial charge in [-0.2, -0.15) is 0 Å². The van der Waals surface area contributed by atoms with Crippen LogP contribution >= 0.6 is 28.1 Å². The van der Waals surface area contributed by atoms with Crippen LogP contribution < -0.4 is 10.6 Å². The Labute approximate surface area is 140 Å². The van der Waals surface area contributed by atoms with Crippen molar-refractivity contribution in [3.8, 4) is 0 Å². The van der Waals surface area contributed by atoms with Crippen LogP contribution in [0, 0.1) is 0 Å². The molecule has 2 aromatic carbocycles. The van der Waals surface area contributed by atoms with Crippen molar-refractivity contribution in [2.75, 3.05) is 5.32 Å². The number of benzene rings is 2. The average molecular weight is 379 g/mol. The lowest BCUT2D eigenvalue weighted by atomic mass is 10.2. The van der Waals surface area contributed by atoms with Crippen LogP contribution in [0.3, 0.4) is 0 Å². The number of rotatable bonds is 3. The lowest BCUT2D eigenvalue weighted by molar-refractivity contribution is 0.0696. The van der Waals surface area contributed by atoms with Crippen LogP contribution in [0.2, 0.25) is 0 Å². The molecular formula is C15H11BrN2O3S. The molecule has 0 radical (unpaired) electrons. The highest BCUT2D eigenvalue weighted by Gasteiger charge is 2.08. The average Bonchev–Trinajstić information content (AvgIpc) is 2.47. The minimum absolute atomic E-state index is 0.132. The maximum atomic E-state index is 12.0. The molecular weight excluding hydrogens is 368 g/mol. The second-order valence-electron chi connectivity index (χ2n) is 4.30. The fourth-order valence-corrected chi connectivity index (χ4v) is 2.27. The summed E-state index contributed by atoms with van der Waals surface area (Å²) in [5.74, 6) is -1.34. The van der Waals surface area contributed by atoms with Crippen LogP contribution in [0.15, 0.2) is 53.0 Å². The standard InChI is InChI=1S/C15H11BrN2O3S/c16-11-3-1-2-10(8-11)13(19)18-15(22)17-12-6-4-9(5-7-12)14(20)21/h1-8H,(H,20,21)(H2,17,18,19,22). The summed E-state index contributed by atoms with van der Waals surface area (Å²) in [5.41, 5.74) is 1.24. The van der Waals surface area contributed by atoms with E-state index in [1.807, 2.05) is 6.07 Å². The SMILES string of the molecule is O=C(O)c1ccc(NC(=S)NC(=O)c2cccc(Br)c2)cc1. The van der Waals surface area contributed by atoms with Gasteiger partial charge in [0, 0.05) is 15.7 Å². The van der Waals surface area contributed by atoms with Gasteiger partial charge >= 0.3 is 5.97 Å². The molecule has 0 spiro atoms. The molecule has 5 nitrogen and oxygen atoms in total. The number of anilines is 1. The van der Waals surface area contributed by atoms with Crippen molar-refractivity contribution in [1.82, 2.24) is 5.32 Å². The third-order valence-corrected chi connectivity index (χ3v) is 3.40. The third-order valence-electron chi connectivity index (χ3n) is 2.70. The molecule has 3 N–H and O–H groups in total. The summed E-state index contributed by atoms with van der Waals surface area (Å²) in [5, 5.41) is 14.3. The summed E-state index contributed by atoms with van der Waals surface area (Å²) in [6, 6.07) is 13.0. The van der Waals surface area contributed by atoms with Crippen molar-refractivity contribution >= 4 is 50.8 Å². The first kappa shape index (κ1) is 16.1. The van der Waals surface area contributed by atoms with E-state index in [0.717, 1.165) is 4.47 Å². The molecule has 0 saturated heterocycles. The number of carboxylic acids is 1. The van der Waals surface area contributed by atoms with Crippen LogP contribution in [-0.2, 0) is 0 Å². The van der Waals surface area contributed by atoms with Crippen molar-refractivity contribution in [3.63, 3.8) is 0 Å². The number of carbonyl (C=O) groups excluding carboxylic acids is 1. The first-order valence-electron chi connectivity index (χ1n) is 6.17. The molecule has 1 amide bonds. The van der Waals surface area contributed by atoms with E-state index in [2.05, 4.69) is 26.6 Å². The zero-order chi connectivity index (χ0) is 16.1. The van der Waals surface area contributed by atoms with Gasteiger partial charge in [-0.1, -0.05) is 22.0 Å². The Hall–Kier alpha value is -2.25. The molecule has 0 fully saturated rings. The normalized spacial score (nSPS) is 9.86. The van der Waals surface area contributed by atoms with Crippen LogP contribution in [0.4, 0.5) is 5.69 Å². The number of nitrogens with one attached hydrogen (secondary N) is 2. The molecule has 0 bridgehead atoms. The van der Waals surface area contributed by atoms with E-state index in [4.69, 9.17) is 17.3 Å². The van der Waals surface area contributed by atoms with Gasteiger partial charge in [-0.15, -0.1) is 0 Å². The maximum Gasteiger partial charge on any atom is 0.335 e. The molecule has 2 rings (SSSR count). The molecule has 0 aliphatic heterocycles. The molecule has 2 aromatic rings. The lowest BCUT2D eigenvalue weighted by Crippen LogP contribution is -2.34. The third kappa shape index (κ3) is 4.37. The van der Waals surface area contributed by atoms with Gasteiger partial charge in [0.1, 0.15) is 0 Å². The number of hydrogen-bond donors (Lipinski definition) is 3. The number of halogens is 1. The first-order chi connectivity index (χ1) is 10.5. The monoisotopic (exact) mass is 378 g/mol. The van der Waals surface area contributed by atoms with Crippen LogP contribution in [0.25, 0.3) is 0 Å². The highest BCUT2D eigenvalue weighted by molar-refractivity contribution is 9.10. The molecule has 112 valence electrons. The van der Waals surface area contributed by atoms with E-state index in [-0.39, 0.29) is 16.6 Å². The van der Waals surface area contributed by atoms with Crippen molar-refractivity contribution in [2.45, 2.75) is 0 Å².